The summed E-state index contributed by atoms with van der Waals surface area (Å²) in [5, 5.41) is 5.12. The fourth-order valence-electron chi connectivity index (χ4n) is 9.39. The molecule has 240 valence electrons. The molecule has 1 heterocycles. The first-order valence-electron chi connectivity index (χ1n) is 18.1. The number of para-hydroxylation sites is 2. The molecule has 9 aromatic rings. The van der Waals surface area contributed by atoms with Gasteiger partial charge in [-0.1, -0.05) is 140 Å². The van der Waals surface area contributed by atoms with E-state index in [1.807, 2.05) is 0 Å². The maximum atomic E-state index is 5.04. The third-order valence-corrected chi connectivity index (χ3v) is 11.5. The Hall–Kier alpha value is -6.25. The van der Waals surface area contributed by atoms with Gasteiger partial charge in [0.05, 0.1) is 16.4 Å². The normalized spacial score (nSPS) is 13.5. The predicted octanol–water partition coefficient (Wildman–Crippen LogP) is 12.4. The van der Waals surface area contributed by atoms with Crippen LogP contribution in [-0.4, -0.2) is 9.55 Å². The first-order valence-corrected chi connectivity index (χ1v) is 18.1. The molecule has 0 saturated carbocycles. The quantitative estimate of drug-likeness (QED) is 0.185. The van der Waals surface area contributed by atoms with Crippen LogP contribution >= 0.6 is 0 Å². The first kappa shape index (κ1) is 28.6. The van der Waals surface area contributed by atoms with Crippen molar-refractivity contribution in [1.29, 1.82) is 0 Å². The van der Waals surface area contributed by atoms with Crippen molar-refractivity contribution in [2.24, 2.45) is 0 Å². The molecule has 0 N–H and O–H groups in total. The molecule has 2 heteroatoms. The van der Waals surface area contributed by atoms with Crippen LogP contribution in [0.25, 0.3) is 77.3 Å². The van der Waals surface area contributed by atoms with Crippen LogP contribution in [-0.2, 0) is 12.0 Å². The number of benzene rings is 8. The van der Waals surface area contributed by atoms with Crippen LogP contribution in [0.15, 0.2) is 164 Å². The van der Waals surface area contributed by atoms with Crippen molar-refractivity contribution in [1.82, 2.24) is 9.55 Å². The molecule has 0 bridgehead atoms. The fourth-order valence-corrected chi connectivity index (χ4v) is 9.39. The molecule has 0 fully saturated rings. The van der Waals surface area contributed by atoms with Gasteiger partial charge in [0.2, 0.25) is 0 Å². The standard InChI is InChI=1S/C49H34N2/c1-2-27-51-46-18-10-9-17-45(46)50-48(51)33-21-19-31(20-22-33)34-23-24-35-29-40-44(30-36(35)28-34)49(43-26-25-32-11-3-4-12-37(32)47(40)43)41-15-7-5-13-38(41)39-14-6-8-16-42(39)49/h3-26,28-30H,2,27H2,1H3. The lowest BCUT2D eigenvalue weighted by atomic mass is 9.70. The smallest absolute Gasteiger partial charge is 0.141 e. The minimum atomic E-state index is -0.377. The van der Waals surface area contributed by atoms with E-state index in [2.05, 4.69) is 175 Å². The van der Waals surface area contributed by atoms with Crippen molar-refractivity contribution in [3.63, 3.8) is 0 Å². The molecule has 0 radical (unpaired) electrons. The van der Waals surface area contributed by atoms with E-state index in [-0.39, 0.29) is 5.41 Å². The van der Waals surface area contributed by atoms with E-state index in [0.717, 1.165) is 29.9 Å². The molecule has 11 rings (SSSR count). The van der Waals surface area contributed by atoms with Gasteiger partial charge in [0.15, 0.2) is 0 Å². The van der Waals surface area contributed by atoms with Crippen LogP contribution < -0.4 is 0 Å². The number of fused-ring (bicyclic) bond motifs is 14. The Morgan fingerprint density at radius 1 is 0.490 bits per heavy atom. The first-order chi connectivity index (χ1) is 25.2. The number of aryl methyl sites for hydroxylation is 1. The third-order valence-electron chi connectivity index (χ3n) is 11.5. The maximum absolute atomic E-state index is 5.04. The van der Waals surface area contributed by atoms with Gasteiger partial charge < -0.3 is 4.57 Å². The lowest BCUT2D eigenvalue weighted by Crippen LogP contribution is -2.25. The zero-order valence-corrected chi connectivity index (χ0v) is 28.4. The molecule has 2 aliphatic rings. The van der Waals surface area contributed by atoms with E-state index in [4.69, 9.17) is 4.98 Å². The molecular weight excluding hydrogens is 617 g/mol. The average molecular weight is 651 g/mol. The Bertz CT molecular complexity index is 2830. The van der Waals surface area contributed by atoms with Crippen molar-refractivity contribution < 1.29 is 0 Å². The van der Waals surface area contributed by atoms with Crippen LogP contribution in [0.2, 0.25) is 0 Å². The predicted molar refractivity (Wildman–Crippen MR) is 212 cm³/mol. The van der Waals surface area contributed by atoms with Crippen molar-refractivity contribution in [2.45, 2.75) is 25.3 Å². The fraction of sp³-hybridized carbons (Fsp3) is 0.0816. The summed E-state index contributed by atoms with van der Waals surface area (Å²) in [5.74, 6) is 1.04. The third kappa shape index (κ3) is 3.85. The van der Waals surface area contributed by atoms with E-state index in [9.17, 15) is 0 Å². The topological polar surface area (TPSA) is 17.8 Å². The number of hydrogen-bond donors (Lipinski definition) is 0. The lowest BCUT2D eigenvalue weighted by Gasteiger charge is -2.30. The van der Waals surface area contributed by atoms with Gasteiger partial charge in [-0.05, 0) is 114 Å². The highest BCUT2D eigenvalue weighted by molar-refractivity contribution is 6.08. The van der Waals surface area contributed by atoms with Crippen molar-refractivity contribution in [2.75, 3.05) is 0 Å². The summed E-state index contributed by atoms with van der Waals surface area (Å²) in [5.41, 5.74) is 16.3. The molecule has 51 heavy (non-hydrogen) atoms. The van der Waals surface area contributed by atoms with Gasteiger partial charge in [0.25, 0.3) is 0 Å². The molecule has 1 aromatic heterocycles. The number of imidazole rings is 1. The second-order valence-electron chi connectivity index (χ2n) is 14.2. The van der Waals surface area contributed by atoms with Crippen molar-refractivity contribution in [3.8, 4) is 44.8 Å². The largest absolute Gasteiger partial charge is 0.324 e. The molecule has 0 aliphatic heterocycles. The SMILES string of the molecule is CCCn1c(-c2ccc(-c3ccc4cc5c(cc4c3)C3(c4ccccc4-c4ccccc43)c3ccc4ccccc4c3-5)cc2)nc2ccccc21. The van der Waals surface area contributed by atoms with E-state index >= 15 is 0 Å². The molecule has 0 saturated heterocycles. The van der Waals surface area contributed by atoms with E-state index in [0.29, 0.717) is 0 Å². The number of aromatic nitrogens is 2. The minimum Gasteiger partial charge on any atom is -0.324 e. The number of rotatable bonds is 4. The van der Waals surface area contributed by atoms with Crippen LogP contribution in [0.1, 0.15) is 35.6 Å². The molecular formula is C49H34N2. The van der Waals surface area contributed by atoms with E-state index in [1.54, 1.807) is 0 Å². The monoisotopic (exact) mass is 650 g/mol. The van der Waals surface area contributed by atoms with Crippen LogP contribution in [0.4, 0.5) is 0 Å². The van der Waals surface area contributed by atoms with Crippen LogP contribution in [0.5, 0.6) is 0 Å². The van der Waals surface area contributed by atoms with Crippen molar-refractivity contribution >= 4 is 32.6 Å². The van der Waals surface area contributed by atoms with E-state index in [1.165, 1.54) is 82.7 Å². The highest BCUT2D eigenvalue weighted by atomic mass is 15.1. The summed E-state index contributed by atoms with van der Waals surface area (Å²) in [6.07, 6.45) is 1.06. The van der Waals surface area contributed by atoms with Gasteiger partial charge >= 0.3 is 0 Å². The van der Waals surface area contributed by atoms with Crippen LogP contribution in [0, 0.1) is 0 Å². The highest BCUT2D eigenvalue weighted by Crippen LogP contribution is 2.64. The number of nitrogens with zero attached hydrogens (tertiary/aromatic N) is 2. The Morgan fingerprint density at radius 2 is 1.16 bits per heavy atom. The Kier molecular flexibility index (Phi) is 5.95. The summed E-state index contributed by atoms with van der Waals surface area (Å²) in [6, 6.07) is 61.1. The molecule has 0 atom stereocenters. The van der Waals surface area contributed by atoms with Crippen LogP contribution in [0.3, 0.4) is 0 Å². The minimum absolute atomic E-state index is 0.377. The summed E-state index contributed by atoms with van der Waals surface area (Å²) in [7, 11) is 0. The molecule has 0 unspecified atom stereocenters. The lowest BCUT2D eigenvalue weighted by molar-refractivity contribution is 0.704. The molecule has 2 nitrogen and oxygen atoms in total. The maximum Gasteiger partial charge on any atom is 0.141 e. The Morgan fingerprint density at radius 3 is 1.96 bits per heavy atom. The Balaban J connectivity index is 1.10. The number of hydrogen-bond acceptors (Lipinski definition) is 1. The zero-order chi connectivity index (χ0) is 33.7. The molecule has 0 amide bonds. The highest BCUT2D eigenvalue weighted by Gasteiger charge is 2.52. The molecule has 2 aliphatic carbocycles. The van der Waals surface area contributed by atoms with Crippen molar-refractivity contribution in [3.05, 3.63) is 186 Å². The van der Waals surface area contributed by atoms with Gasteiger partial charge in [-0.15, -0.1) is 0 Å². The van der Waals surface area contributed by atoms with Gasteiger partial charge in [0, 0.05) is 12.1 Å². The summed E-state index contributed by atoms with van der Waals surface area (Å²) >= 11 is 0. The average Bonchev–Trinajstić information content (AvgIpc) is 3.81. The second kappa shape index (κ2) is 10.6. The van der Waals surface area contributed by atoms with Gasteiger partial charge in [-0.2, -0.15) is 0 Å². The van der Waals surface area contributed by atoms with Gasteiger partial charge in [0.1, 0.15) is 5.82 Å². The van der Waals surface area contributed by atoms with E-state index < -0.39 is 0 Å². The van der Waals surface area contributed by atoms with Gasteiger partial charge in [-0.25, -0.2) is 4.98 Å². The molecule has 8 aromatic carbocycles. The summed E-state index contributed by atoms with van der Waals surface area (Å²) in [4.78, 5) is 5.04. The summed E-state index contributed by atoms with van der Waals surface area (Å²) in [6.45, 7) is 3.17. The Labute approximate surface area is 297 Å². The summed E-state index contributed by atoms with van der Waals surface area (Å²) < 4.78 is 2.36. The zero-order valence-electron chi connectivity index (χ0n) is 28.4. The molecule has 1 spiro atoms. The van der Waals surface area contributed by atoms with Gasteiger partial charge in [-0.3, -0.25) is 0 Å². The second-order valence-corrected chi connectivity index (χ2v) is 14.2.